The highest BCUT2D eigenvalue weighted by Gasteiger charge is 2.31. The van der Waals surface area contributed by atoms with Gasteiger partial charge in [-0.3, -0.25) is 4.79 Å². The summed E-state index contributed by atoms with van der Waals surface area (Å²) in [6, 6.07) is 5.63. The van der Waals surface area contributed by atoms with Crippen LogP contribution < -0.4 is 10.2 Å². The second-order valence-electron chi connectivity index (χ2n) is 8.51. The van der Waals surface area contributed by atoms with Gasteiger partial charge in [-0.15, -0.1) is 0 Å². The summed E-state index contributed by atoms with van der Waals surface area (Å²) in [4.78, 5) is 32.7. The number of carbonyl (C=O) groups excluding carboxylic acids is 2. The molecule has 0 spiro atoms. The first kappa shape index (κ1) is 24.6. The number of nitrogens with one attached hydrogen (secondary N) is 1. The number of benzene rings is 1. The molecule has 1 N–H and O–H groups in total. The fourth-order valence-corrected chi connectivity index (χ4v) is 3.39. The molecule has 2 heterocycles. The van der Waals surface area contributed by atoms with E-state index in [1.54, 1.807) is 25.7 Å². The highest BCUT2D eigenvalue weighted by Crippen LogP contribution is 2.31. The van der Waals surface area contributed by atoms with Gasteiger partial charge in [0.2, 0.25) is 0 Å². The third-order valence-corrected chi connectivity index (χ3v) is 4.97. The maximum absolute atomic E-state index is 13.0. The second-order valence-corrected chi connectivity index (χ2v) is 8.95. The lowest BCUT2D eigenvalue weighted by Crippen LogP contribution is -2.50. The monoisotopic (exact) mass is 484 g/mol. The molecule has 0 radical (unpaired) electrons. The predicted octanol–water partition coefficient (Wildman–Crippen LogP) is 5.06. The number of alkyl halides is 3. The van der Waals surface area contributed by atoms with E-state index in [2.05, 4.69) is 10.3 Å². The van der Waals surface area contributed by atoms with E-state index in [1.807, 2.05) is 4.90 Å². The Labute approximate surface area is 194 Å². The van der Waals surface area contributed by atoms with Crippen molar-refractivity contribution in [2.24, 2.45) is 0 Å². The Balaban J connectivity index is 1.74. The number of halogens is 4. The first-order chi connectivity index (χ1) is 15.3. The number of piperazine rings is 1. The van der Waals surface area contributed by atoms with Crippen LogP contribution >= 0.6 is 11.6 Å². The number of anilines is 2. The van der Waals surface area contributed by atoms with E-state index in [-0.39, 0.29) is 16.3 Å². The van der Waals surface area contributed by atoms with Gasteiger partial charge in [-0.1, -0.05) is 17.7 Å². The molecule has 0 bridgehead atoms. The van der Waals surface area contributed by atoms with Crippen molar-refractivity contribution < 1.29 is 27.5 Å². The average molecular weight is 485 g/mol. The van der Waals surface area contributed by atoms with Crippen molar-refractivity contribution >= 4 is 35.1 Å². The van der Waals surface area contributed by atoms with Crippen LogP contribution in [0.4, 0.5) is 29.5 Å². The van der Waals surface area contributed by atoms with Crippen LogP contribution in [0.1, 0.15) is 36.7 Å². The molecule has 0 saturated carbocycles. The number of hydrogen-bond acceptors (Lipinski definition) is 5. The lowest BCUT2D eigenvalue weighted by Gasteiger charge is -2.36. The smallest absolute Gasteiger partial charge is 0.416 e. The molecule has 0 aliphatic carbocycles. The standard InChI is InChI=1S/C22H24ClF3N4O3/c1-21(2,3)33-20(32)30-9-7-29(8-10-30)18-17(12-16(23)13-27-18)28-19(31)14-5-4-6-15(11-14)22(24,25)26/h4-6,11-13H,7-10H2,1-3H3,(H,28,31). The van der Waals surface area contributed by atoms with E-state index in [1.165, 1.54) is 24.4 Å². The van der Waals surface area contributed by atoms with Crippen molar-refractivity contribution in [1.82, 2.24) is 9.88 Å². The molecule has 33 heavy (non-hydrogen) atoms. The van der Waals surface area contributed by atoms with Crippen molar-refractivity contribution in [3.05, 3.63) is 52.7 Å². The van der Waals surface area contributed by atoms with Crippen LogP contribution in [0.2, 0.25) is 5.02 Å². The lowest BCUT2D eigenvalue weighted by atomic mass is 10.1. The summed E-state index contributed by atoms with van der Waals surface area (Å²) in [7, 11) is 0. The van der Waals surface area contributed by atoms with Gasteiger partial charge in [0.15, 0.2) is 5.82 Å². The SMILES string of the molecule is CC(C)(C)OC(=O)N1CCN(c2ncc(Cl)cc2NC(=O)c2cccc(C(F)(F)F)c2)CC1. The van der Waals surface area contributed by atoms with Crippen molar-refractivity contribution in [2.75, 3.05) is 36.4 Å². The minimum atomic E-state index is -4.56. The molecule has 1 aliphatic heterocycles. The molecule has 1 aromatic heterocycles. The quantitative estimate of drug-likeness (QED) is 0.659. The number of carbonyl (C=O) groups is 2. The van der Waals surface area contributed by atoms with E-state index < -0.39 is 29.3 Å². The van der Waals surface area contributed by atoms with Crippen LogP contribution in [0.25, 0.3) is 0 Å². The summed E-state index contributed by atoms with van der Waals surface area (Å²) in [5.74, 6) is -0.317. The molecule has 2 aromatic rings. The molecule has 3 rings (SSSR count). The van der Waals surface area contributed by atoms with Crippen LogP contribution in [0.15, 0.2) is 36.5 Å². The summed E-state index contributed by atoms with van der Waals surface area (Å²) in [6.07, 6.45) is -3.56. The highest BCUT2D eigenvalue weighted by atomic mass is 35.5. The molecule has 0 unspecified atom stereocenters. The molecule has 1 aliphatic rings. The summed E-state index contributed by atoms with van der Waals surface area (Å²) in [5, 5.41) is 2.86. The summed E-state index contributed by atoms with van der Waals surface area (Å²) in [5.41, 5.74) is -1.41. The largest absolute Gasteiger partial charge is 0.444 e. The minimum absolute atomic E-state index is 0.148. The van der Waals surface area contributed by atoms with Crippen LogP contribution in [-0.4, -0.2) is 53.7 Å². The Kier molecular flexibility index (Phi) is 7.06. The Hall–Kier alpha value is -3.01. The van der Waals surface area contributed by atoms with Gasteiger partial charge < -0.3 is 19.9 Å². The first-order valence-corrected chi connectivity index (χ1v) is 10.6. The van der Waals surface area contributed by atoms with E-state index in [0.717, 1.165) is 12.1 Å². The number of aromatic nitrogens is 1. The van der Waals surface area contributed by atoms with Crippen LogP contribution in [-0.2, 0) is 10.9 Å². The zero-order valence-electron chi connectivity index (χ0n) is 18.4. The average Bonchev–Trinajstić information content (AvgIpc) is 2.72. The number of nitrogens with zero attached hydrogens (tertiary/aromatic N) is 3. The molecule has 11 heteroatoms. The number of ether oxygens (including phenoxy) is 1. The van der Waals surface area contributed by atoms with E-state index in [9.17, 15) is 22.8 Å². The maximum Gasteiger partial charge on any atom is 0.416 e. The molecular weight excluding hydrogens is 461 g/mol. The summed E-state index contributed by atoms with van der Waals surface area (Å²) in [6.45, 7) is 6.95. The van der Waals surface area contributed by atoms with Gasteiger partial charge in [0.25, 0.3) is 5.91 Å². The predicted molar refractivity (Wildman–Crippen MR) is 119 cm³/mol. The molecular formula is C22H24ClF3N4O3. The Morgan fingerprint density at radius 1 is 1.09 bits per heavy atom. The van der Waals surface area contributed by atoms with Gasteiger partial charge in [0, 0.05) is 37.9 Å². The lowest BCUT2D eigenvalue weighted by molar-refractivity contribution is -0.137. The number of rotatable bonds is 3. The number of hydrogen-bond donors (Lipinski definition) is 1. The molecule has 1 saturated heterocycles. The van der Waals surface area contributed by atoms with Crippen LogP contribution in [0.3, 0.4) is 0 Å². The molecule has 7 nitrogen and oxygen atoms in total. The van der Waals surface area contributed by atoms with E-state index in [4.69, 9.17) is 16.3 Å². The van der Waals surface area contributed by atoms with Crippen LogP contribution in [0, 0.1) is 0 Å². The zero-order chi connectivity index (χ0) is 24.4. The topological polar surface area (TPSA) is 74.8 Å². The van der Waals surface area contributed by atoms with Gasteiger partial charge in [0.05, 0.1) is 16.3 Å². The Bertz CT molecular complexity index is 1030. The van der Waals surface area contributed by atoms with E-state index >= 15 is 0 Å². The number of amides is 2. The molecule has 2 amide bonds. The molecule has 178 valence electrons. The third kappa shape index (κ3) is 6.50. The zero-order valence-corrected chi connectivity index (χ0v) is 19.1. The molecule has 1 fully saturated rings. The fourth-order valence-electron chi connectivity index (χ4n) is 3.23. The van der Waals surface area contributed by atoms with Crippen molar-refractivity contribution in [3.8, 4) is 0 Å². The van der Waals surface area contributed by atoms with Crippen molar-refractivity contribution in [3.63, 3.8) is 0 Å². The Morgan fingerprint density at radius 3 is 2.36 bits per heavy atom. The first-order valence-electron chi connectivity index (χ1n) is 10.2. The van der Waals surface area contributed by atoms with Gasteiger partial charge in [-0.25, -0.2) is 9.78 Å². The minimum Gasteiger partial charge on any atom is -0.444 e. The fraction of sp³-hybridized carbons (Fsp3) is 0.409. The third-order valence-electron chi connectivity index (χ3n) is 4.76. The second kappa shape index (κ2) is 9.46. The number of pyridine rings is 1. The van der Waals surface area contributed by atoms with Gasteiger partial charge >= 0.3 is 12.3 Å². The van der Waals surface area contributed by atoms with Crippen molar-refractivity contribution in [2.45, 2.75) is 32.5 Å². The maximum atomic E-state index is 13.0. The van der Waals surface area contributed by atoms with Gasteiger partial charge in [-0.05, 0) is 45.0 Å². The Morgan fingerprint density at radius 2 is 1.76 bits per heavy atom. The summed E-state index contributed by atoms with van der Waals surface area (Å²) < 4.78 is 44.4. The van der Waals surface area contributed by atoms with Gasteiger partial charge in [0.1, 0.15) is 5.60 Å². The van der Waals surface area contributed by atoms with E-state index in [0.29, 0.717) is 32.0 Å². The van der Waals surface area contributed by atoms with Gasteiger partial charge in [-0.2, -0.15) is 13.2 Å². The normalized spacial score (nSPS) is 14.8. The van der Waals surface area contributed by atoms with Crippen LogP contribution in [0.5, 0.6) is 0 Å². The highest BCUT2D eigenvalue weighted by molar-refractivity contribution is 6.31. The van der Waals surface area contributed by atoms with Crippen molar-refractivity contribution in [1.29, 1.82) is 0 Å². The molecule has 1 aromatic carbocycles. The molecule has 0 atom stereocenters. The summed E-state index contributed by atoms with van der Waals surface area (Å²) >= 11 is 6.05.